The summed E-state index contributed by atoms with van der Waals surface area (Å²) in [6.45, 7) is 4.57. The Morgan fingerprint density at radius 2 is 1.50 bits per heavy atom. The molecule has 1 aromatic carbocycles. The molecule has 2 bridgehead atoms. The number of carbonyl (C=O) groups is 11. The van der Waals surface area contributed by atoms with Gasteiger partial charge in [-0.1, -0.05) is 45.4 Å². The topological polar surface area (TPSA) is 356 Å². The molecule has 0 saturated carbocycles. The maximum Gasteiger partial charge on any atom is 0.303 e. The molecule has 4 heterocycles. The van der Waals surface area contributed by atoms with E-state index in [2.05, 4.69) is 42.2 Å². The predicted molar refractivity (Wildman–Crippen MR) is 239 cm³/mol. The SMILES string of the molecule is CC[C@H](C)[C@@H]1NC(=O)CNC(=O)C2Cc3c([nH]c4ccccc34)SCC(NC(=O)CNC1=O)C(=O)NC(CC(N)=O)C(=O)N1C[C@H](O)C[C@H]1C(=O)N[C@@H]([C@@H](C)[C@H](COC(C)=O)OC(C)=O)C(=O)N2. The molecular formula is C43H58N10O14S. The molecule has 0 aliphatic carbocycles. The molecule has 5 rings (SSSR count). The van der Waals surface area contributed by atoms with E-state index in [0.29, 0.717) is 27.9 Å². The number of nitrogens with zero attached hydrogens (tertiary/aromatic N) is 1. The number of aromatic nitrogens is 1. The summed E-state index contributed by atoms with van der Waals surface area (Å²) in [4.78, 5) is 154. The van der Waals surface area contributed by atoms with Crippen molar-refractivity contribution >= 4 is 87.8 Å². The van der Waals surface area contributed by atoms with Gasteiger partial charge in [-0.3, -0.25) is 52.7 Å². The number of primary amides is 1. The fourth-order valence-electron chi connectivity index (χ4n) is 8.05. The van der Waals surface area contributed by atoms with Crippen LogP contribution < -0.4 is 43.0 Å². The van der Waals surface area contributed by atoms with Crippen LogP contribution in [-0.2, 0) is 68.6 Å². The van der Waals surface area contributed by atoms with E-state index in [1.165, 1.54) is 6.92 Å². The Bertz CT molecular complexity index is 2310. The summed E-state index contributed by atoms with van der Waals surface area (Å²) in [5, 5.41) is 29.6. The van der Waals surface area contributed by atoms with Crippen molar-refractivity contribution in [2.24, 2.45) is 17.6 Å². The maximum atomic E-state index is 14.8. The normalized spacial score (nSPS) is 26.2. The number of fused-ring (bicyclic) bond motifs is 5. The van der Waals surface area contributed by atoms with E-state index < -0.39 is 164 Å². The third-order valence-corrected chi connectivity index (χ3v) is 13.0. The molecule has 3 aliphatic rings. The number of aliphatic hydroxyl groups excluding tert-OH is 1. The van der Waals surface area contributed by atoms with E-state index in [1.54, 1.807) is 38.1 Å². The zero-order valence-electron chi connectivity index (χ0n) is 38.1. The molecular weight excluding hydrogens is 913 g/mol. The molecule has 1 fully saturated rings. The molecule has 370 valence electrons. The molecule has 1 saturated heterocycles. The molecule has 3 unspecified atom stereocenters. The number of carbonyl (C=O) groups excluding carboxylic acids is 11. The minimum absolute atomic E-state index is 0.273. The highest BCUT2D eigenvalue weighted by atomic mass is 32.2. The van der Waals surface area contributed by atoms with Gasteiger partial charge < -0.3 is 67.4 Å². The van der Waals surface area contributed by atoms with Crippen molar-refractivity contribution in [3.8, 4) is 0 Å². The molecule has 9 amide bonds. The van der Waals surface area contributed by atoms with Crippen molar-refractivity contribution < 1.29 is 67.3 Å². The number of rotatable bonds is 9. The fourth-order valence-corrected chi connectivity index (χ4v) is 9.17. The number of amides is 9. The van der Waals surface area contributed by atoms with Crippen LogP contribution in [0.2, 0.25) is 0 Å². The second kappa shape index (κ2) is 23.3. The molecule has 0 spiro atoms. The second-order valence-corrected chi connectivity index (χ2v) is 18.0. The minimum Gasteiger partial charge on any atom is -0.462 e. The molecule has 11 N–H and O–H groups in total. The Morgan fingerprint density at radius 1 is 0.824 bits per heavy atom. The number of benzene rings is 1. The lowest BCUT2D eigenvalue weighted by Gasteiger charge is -2.33. The van der Waals surface area contributed by atoms with Gasteiger partial charge in [0.2, 0.25) is 53.2 Å². The van der Waals surface area contributed by atoms with E-state index in [-0.39, 0.29) is 12.2 Å². The van der Waals surface area contributed by atoms with Crippen LogP contribution in [0.1, 0.15) is 59.4 Å². The van der Waals surface area contributed by atoms with Gasteiger partial charge in [0.05, 0.1) is 30.6 Å². The first-order valence-corrected chi connectivity index (χ1v) is 23.0. The predicted octanol–water partition coefficient (Wildman–Crippen LogP) is -3.50. The van der Waals surface area contributed by atoms with Gasteiger partial charge in [-0.25, -0.2) is 0 Å². The van der Waals surface area contributed by atoms with E-state index in [0.717, 1.165) is 30.5 Å². The monoisotopic (exact) mass is 970 g/mol. The number of aromatic amines is 1. The number of esters is 2. The highest BCUT2D eigenvalue weighted by Gasteiger charge is 2.45. The lowest BCUT2D eigenvalue weighted by molar-refractivity contribution is -0.161. The summed E-state index contributed by atoms with van der Waals surface area (Å²) in [6, 6.07) is -2.44. The number of para-hydroxylation sites is 1. The molecule has 68 heavy (non-hydrogen) atoms. The zero-order valence-corrected chi connectivity index (χ0v) is 39.0. The summed E-state index contributed by atoms with van der Waals surface area (Å²) < 4.78 is 10.6. The smallest absolute Gasteiger partial charge is 0.303 e. The van der Waals surface area contributed by atoms with Crippen LogP contribution in [0.15, 0.2) is 29.3 Å². The first-order chi connectivity index (χ1) is 32.2. The Balaban J connectivity index is 1.72. The number of hydrogen-bond acceptors (Lipinski definition) is 15. The van der Waals surface area contributed by atoms with Crippen molar-refractivity contribution in [2.45, 2.75) is 114 Å². The van der Waals surface area contributed by atoms with E-state index >= 15 is 0 Å². The van der Waals surface area contributed by atoms with Crippen LogP contribution >= 0.6 is 11.8 Å². The van der Waals surface area contributed by atoms with E-state index in [9.17, 15) is 57.8 Å². The highest BCUT2D eigenvalue weighted by molar-refractivity contribution is 7.99. The van der Waals surface area contributed by atoms with Crippen molar-refractivity contribution in [1.82, 2.24) is 47.1 Å². The third kappa shape index (κ3) is 13.4. The summed E-state index contributed by atoms with van der Waals surface area (Å²) in [5.41, 5.74) is 6.53. The average Bonchev–Trinajstić information content (AvgIpc) is 3.85. The van der Waals surface area contributed by atoms with Gasteiger partial charge in [0.15, 0.2) is 0 Å². The summed E-state index contributed by atoms with van der Waals surface area (Å²) >= 11 is 1.01. The number of aliphatic hydroxyl groups is 1. The molecule has 10 atom stereocenters. The summed E-state index contributed by atoms with van der Waals surface area (Å²) in [5.74, 6) is -12.1. The van der Waals surface area contributed by atoms with Crippen LogP contribution in [0.4, 0.5) is 0 Å². The fraction of sp³-hybridized carbons (Fsp3) is 0.558. The largest absolute Gasteiger partial charge is 0.462 e. The number of ether oxygens (including phenoxy) is 2. The van der Waals surface area contributed by atoms with E-state index in [4.69, 9.17) is 15.2 Å². The van der Waals surface area contributed by atoms with Gasteiger partial charge in [0.1, 0.15) is 49.0 Å². The van der Waals surface area contributed by atoms with Crippen LogP contribution in [-0.4, -0.2) is 161 Å². The van der Waals surface area contributed by atoms with Crippen LogP contribution in [0.3, 0.4) is 0 Å². The Hall–Kier alpha value is -6.76. The van der Waals surface area contributed by atoms with Crippen LogP contribution in [0.5, 0.6) is 0 Å². The van der Waals surface area contributed by atoms with Crippen molar-refractivity contribution in [3.05, 3.63) is 29.8 Å². The Kier molecular flexibility index (Phi) is 17.9. The number of nitrogens with two attached hydrogens (primary N) is 1. The third-order valence-electron chi connectivity index (χ3n) is 11.9. The first-order valence-electron chi connectivity index (χ1n) is 22.0. The second-order valence-electron chi connectivity index (χ2n) is 17.0. The first kappa shape index (κ1) is 52.2. The highest BCUT2D eigenvalue weighted by Crippen LogP contribution is 2.32. The Labute approximate surface area is 394 Å². The maximum absolute atomic E-state index is 14.8. The van der Waals surface area contributed by atoms with Crippen LogP contribution in [0, 0.1) is 11.8 Å². The number of nitrogens with one attached hydrogen (secondary N) is 8. The van der Waals surface area contributed by atoms with Gasteiger partial charge in [-0.2, -0.15) is 0 Å². The van der Waals surface area contributed by atoms with Crippen LogP contribution in [0.25, 0.3) is 10.9 Å². The van der Waals surface area contributed by atoms with Gasteiger partial charge in [0, 0.05) is 55.8 Å². The zero-order chi connectivity index (χ0) is 50.0. The quantitative estimate of drug-likeness (QED) is 0.109. The molecule has 1 aromatic heterocycles. The van der Waals surface area contributed by atoms with Crippen molar-refractivity contribution in [2.75, 3.05) is 32.0 Å². The molecule has 3 aliphatic heterocycles. The standard InChI is InChI=1S/C43H58N10O14S/c1-6-19(2)35-40(63)46-14-33(58)47-29-18-68-42-25(24-9-7-8-10-26(24)50-42)12-27(37(60)45-15-34(59)51-35)48-41(64)36(20(3)31(67-22(5)55)17-66-21(4)54)52-39(62)30-11-23(56)16-53(30)43(65)28(13-32(44)57)49-38(29)61/h7-10,19-20,23,27-31,35-36,50,56H,6,11-18H2,1-5H3,(H2,44,57)(H,45,60)(H,46,63)(H,47,58)(H,48,64)(H,49,61)(H,51,59)(H,52,62)/t19-,20-,23+,27?,28?,29?,30-,31-,35-,36-/m0/s1. The van der Waals surface area contributed by atoms with Gasteiger partial charge in [-0.15, -0.1) is 11.8 Å². The summed E-state index contributed by atoms with van der Waals surface area (Å²) in [6.07, 6.45) is -3.82. The lowest BCUT2D eigenvalue weighted by atomic mass is 9.93. The molecule has 25 heteroatoms. The molecule has 0 radical (unpaired) electrons. The molecule has 2 aromatic rings. The average molecular weight is 971 g/mol. The van der Waals surface area contributed by atoms with E-state index in [1.807, 2.05) is 0 Å². The minimum atomic E-state index is -1.76. The lowest BCUT2D eigenvalue weighted by Crippen LogP contribution is -2.62. The van der Waals surface area contributed by atoms with Crippen molar-refractivity contribution in [1.29, 1.82) is 0 Å². The number of hydrogen-bond donors (Lipinski definition) is 10. The van der Waals surface area contributed by atoms with Gasteiger partial charge in [0.25, 0.3) is 0 Å². The number of thioether (sulfide) groups is 1. The molecule has 24 nitrogen and oxygen atoms in total. The van der Waals surface area contributed by atoms with Gasteiger partial charge in [-0.05, 0) is 17.5 Å². The van der Waals surface area contributed by atoms with Gasteiger partial charge >= 0.3 is 11.9 Å². The number of H-pyrrole nitrogens is 1. The Morgan fingerprint density at radius 3 is 2.16 bits per heavy atom. The van der Waals surface area contributed by atoms with Crippen molar-refractivity contribution in [3.63, 3.8) is 0 Å². The summed E-state index contributed by atoms with van der Waals surface area (Å²) in [7, 11) is 0.